The van der Waals surface area contributed by atoms with Gasteiger partial charge < -0.3 is 0 Å². The van der Waals surface area contributed by atoms with Crippen molar-refractivity contribution >= 4 is 5.69 Å². The summed E-state index contributed by atoms with van der Waals surface area (Å²) >= 11 is 0. The molecule has 1 heterocycles. The van der Waals surface area contributed by atoms with E-state index in [1.807, 2.05) is 0 Å². The quantitative estimate of drug-likeness (QED) is 0.232. The average Bonchev–Trinajstić information content (AvgIpc) is 3.20. The third kappa shape index (κ3) is 4.12. The van der Waals surface area contributed by atoms with Crippen LogP contribution in [0.4, 0.5) is 5.69 Å². The summed E-state index contributed by atoms with van der Waals surface area (Å²) in [6.07, 6.45) is 7.02. The van der Waals surface area contributed by atoms with E-state index in [0.717, 1.165) is 18.5 Å². The Morgan fingerprint density at radius 3 is 1.26 bits per heavy atom. The Bertz CT molecular complexity index is 1610. The lowest BCUT2D eigenvalue weighted by molar-refractivity contribution is 0.389. The van der Waals surface area contributed by atoms with Crippen molar-refractivity contribution in [3.8, 4) is 44.5 Å². The van der Waals surface area contributed by atoms with Crippen LogP contribution in [0, 0.1) is 0 Å². The van der Waals surface area contributed by atoms with Crippen molar-refractivity contribution in [1.82, 2.24) is 0 Å². The highest BCUT2D eigenvalue weighted by atomic mass is 15.2. The summed E-state index contributed by atoms with van der Waals surface area (Å²) in [7, 11) is 0. The summed E-state index contributed by atoms with van der Waals surface area (Å²) in [6.45, 7) is 0. The molecule has 7 rings (SSSR count). The third-order valence-electron chi connectivity index (χ3n) is 8.46. The highest BCUT2D eigenvalue weighted by Gasteiger charge is 2.44. The Hall–Kier alpha value is -4.30. The largest absolute Gasteiger partial charge is 0.177 e. The highest BCUT2D eigenvalue weighted by Crippen LogP contribution is 2.60. The van der Waals surface area contributed by atoms with E-state index in [-0.39, 0.29) is 5.54 Å². The molecule has 0 radical (unpaired) electrons. The van der Waals surface area contributed by atoms with Crippen LogP contribution in [0.25, 0.3) is 44.5 Å². The number of hydrogen-bond acceptors (Lipinski definition) is 2. The van der Waals surface area contributed by atoms with Crippen molar-refractivity contribution in [3.05, 3.63) is 127 Å². The Balaban J connectivity index is 1.71. The van der Waals surface area contributed by atoms with E-state index in [1.165, 1.54) is 75.8 Å². The molecule has 39 heavy (non-hydrogen) atoms. The molecule has 0 bridgehead atoms. The van der Waals surface area contributed by atoms with Gasteiger partial charge in [0, 0.05) is 16.7 Å². The monoisotopic (exact) mass is 504 g/mol. The molecule has 0 N–H and O–H groups in total. The van der Waals surface area contributed by atoms with E-state index in [4.69, 9.17) is 10.2 Å². The van der Waals surface area contributed by atoms with Crippen molar-refractivity contribution in [3.63, 3.8) is 0 Å². The predicted octanol–water partition coefficient (Wildman–Crippen LogP) is 11.0. The zero-order valence-electron chi connectivity index (χ0n) is 22.2. The van der Waals surface area contributed by atoms with Gasteiger partial charge in [0.15, 0.2) is 0 Å². The topological polar surface area (TPSA) is 24.7 Å². The van der Waals surface area contributed by atoms with Gasteiger partial charge in [0.25, 0.3) is 0 Å². The first kappa shape index (κ1) is 23.8. The summed E-state index contributed by atoms with van der Waals surface area (Å²) in [4.78, 5) is 0. The lowest BCUT2D eigenvalue weighted by Crippen LogP contribution is -2.22. The lowest BCUT2D eigenvalue weighted by atomic mass is 9.72. The molecule has 0 saturated heterocycles. The van der Waals surface area contributed by atoms with Gasteiger partial charge in [0.2, 0.25) is 0 Å². The van der Waals surface area contributed by atoms with Gasteiger partial charge in [-0.2, -0.15) is 10.2 Å². The number of nitrogens with zero attached hydrogens (tertiary/aromatic N) is 2. The minimum atomic E-state index is -0.278. The van der Waals surface area contributed by atoms with Crippen molar-refractivity contribution < 1.29 is 0 Å². The number of azo groups is 1. The van der Waals surface area contributed by atoms with E-state index in [1.54, 1.807) is 0 Å². The second-order valence-corrected chi connectivity index (χ2v) is 10.8. The van der Waals surface area contributed by atoms with Crippen LogP contribution in [0.15, 0.2) is 132 Å². The minimum Gasteiger partial charge on any atom is -0.177 e. The maximum Gasteiger partial charge on any atom is 0.110 e. The molecule has 1 saturated carbocycles. The Morgan fingerprint density at radius 2 is 0.795 bits per heavy atom. The van der Waals surface area contributed by atoms with Crippen molar-refractivity contribution in [2.45, 2.75) is 44.1 Å². The van der Waals surface area contributed by atoms with E-state index in [0.29, 0.717) is 0 Å². The maximum absolute atomic E-state index is 5.22. The number of rotatable bonds is 4. The maximum atomic E-state index is 5.22. The first-order valence-corrected chi connectivity index (χ1v) is 14.2. The van der Waals surface area contributed by atoms with Gasteiger partial charge in [0.1, 0.15) is 11.2 Å². The zero-order chi connectivity index (χ0) is 26.1. The predicted molar refractivity (Wildman–Crippen MR) is 162 cm³/mol. The van der Waals surface area contributed by atoms with Crippen molar-refractivity contribution in [1.29, 1.82) is 0 Å². The molecule has 1 fully saturated rings. The third-order valence-corrected chi connectivity index (χ3v) is 8.46. The molecule has 0 atom stereocenters. The van der Waals surface area contributed by atoms with Crippen LogP contribution in [0.1, 0.15) is 44.1 Å². The number of hydrogen-bond donors (Lipinski definition) is 0. The van der Waals surface area contributed by atoms with Gasteiger partial charge in [0.05, 0.1) is 0 Å². The molecule has 0 unspecified atom stereocenters. The molecular weight excluding hydrogens is 472 g/mol. The van der Waals surface area contributed by atoms with Crippen LogP contribution in [-0.2, 0) is 5.54 Å². The molecule has 2 heteroatoms. The fraction of sp³-hybridized carbons (Fsp3) is 0.189. The second kappa shape index (κ2) is 10.1. The fourth-order valence-electron chi connectivity index (χ4n) is 6.72. The van der Waals surface area contributed by atoms with Crippen molar-refractivity contribution in [2.75, 3.05) is 0 Å². The van der Waals surface area contributed by atoms with Gasteiger partial charge >= 0.3 is 0 Å². The molecule has 0 aromatic heterocycles. The highest BCUT2D eigenvalue weighted by molar-refractivity contribution is 6.08. The zero-order valence-corrected chi connectivity index (χ0v) is 22.2. The van der Waals surface area contributed by atoms with E-state index in [2.05, 4.69) is 121 Å². The molecule has 1 spiro atoms. The van der Waals surface area contributed by atoms with E-state index < -0.39 is 0 Å². The molecule has 5 aromatic carbocycles. The molecule has 2 nitrogen and oxygen atoms in total. The Kier molecular flexibility index (Phi) is 6.17. The van der Waals surface area contributed by atoms with Crippen LogP contribution in [0.5, 0.6) is 0 Å². The van der Waals surface area contributed by atoms with E-state index in [9.17, 15) is 0 Å². The smallest absolute Gasteiger partial charge is 0.110 e. The van der Waals surface area contributed by atoms with Gasteiger partial charge in [-0.3, -0.25) is 0 Å². The van der Waals surface area contributed by atoms with Gasteiger partial charge in [-0.1, -0.05) is 147 Å². The van der Waals surface area contributed by atoms with E-state index >= 15 is 0 Å². The van der Waals surface area contributed by atoms with Crippen LogP contribution in [0.2, 0.25) is 0 Å². The van der Waals surface area contributed by atoms with Gasteiger partial charge in [-0.05, 0) is 46.2 Å². The van der Waals surface area contributed by atoms with Crippen LogP contribution in [0.3, 0.4) is 0 Å². The molecular formula is C37H32N2. The first-order valence-electron chi connectivity index (χ1n) is 14.2. The summed E-state index contributed by atoms with van der Waals surface area (Å²) in [5.41, 5.74) is 12.0. The van der Waals surface area contributed by atoms with Crippen molar-refractivity contribution in [2.24, 2.45) is 10.2 Å². The molecule has 190 valence electrons. The molecule has 1 aliphatic carbocycles. The summed E-state index contributed by atoms with van der Waals surface area (Å²) < 4.78 is 0. The molecule has 1 aliphatic heterocycles. The summed E-state index contributed by atoms with van der Waals surface area (Å²) in [5, 5.41) is 10.3. The SMILES string of the molecule is c1ccc(-c2c3c(c(-c4ccccc4)c(-c4ccccc4)c2-c2ccccc2)C2(CCCCCC2)N=N3)cc1. The van der Waals surface area contributed by atoms with Gasteiger partial charge in [-0.15, -0.1) is 0 Å². The first-order chi connectivity index (χ1) is 19.4. The molecule has 2 aliphatic rings. The van der Waals surface area contributed by atoms with Gasteiger partial charge in [-0.25, -0.2) is 0 Å². The van der Waals surface area contributed by atoms with Crippen LogP contribution >= 0.6 is 0 Å². The summed E-state index contributed by atoms with van der Waals surface area (Å²) in [5.74, 6) is 0. The van der Waals surface area contributed by atoms with Crippen LogP contribution in [-0.4, -0.2) is 0 Å². The van der Waals surface area contributed by atoms with Crippen LogP contribution < -0.4 is 0 Å². The lowest BCUT2D eigenvalue weighted by Gasteiger charge is -2.31. The summed E-state index contributed by atoms with van der Waals surface area (Å²) in [6, 6.07) is 43.6. The minimum absolute atomic E-state index is 0.278. The Labute approximate surface area is 231 Å². The average molecular weight is 505 g/mol. The Morgan fingerprint density at radius 1 is 0.410 bits per heavy atom. The number of benzene rings is 5. The molecule has 5 aromatic rings. The standard InChI is InChI=1S/C37H32N2/c1-2-16-26-37(25-15-1)35-33(29-21-11-5-12-22-29)31(27-17-7-3-8-18-27)32(28-19-9-4-10-20-28)34(36(35)38-39-37)30-23-13-6-14-24-30/h3-14,17-24H,1-2,15-16,25-26H2. The fourth-order valence-corrected chi connectivity index (χ4v) is 6.72. The molecule has 0 amide bonds. The second-order valence-electron chi connectivity index (χ2n) is 10.8. The number of fused-ring (bicyclic) bond motifs is 2. The normalized spacial score (nSPS) is 15.7.